The third-order valence-electron chi connectivity index (χ3n) is 5.31. The Balaban J connectivity index is 1.75. The van der Waals surface area contributed by atoms with Crippen molar-refractivity contribution in [2.24, 2.45) is 0 Å². The molecule has 2 atom stereocenters. The molecule has 0 spiro atoms. The van der Waals surface area contributed by atoms with Crippen LogP contribution >= 0.6 is 0 Å². The van der Waals surface area contributed by atoms with Crippen LogP contribution in [0.2, 0.25) is 0 Å². The fourth-order valence-corrected chi connectivity index (χ4v) is 4.24. The summed E-state index contributed by atoms with van der Waals surface area (Å²) in [4.78, 5) is 16.7. The Labute approximate surface area is 146 Å². The summed E-state index contributed by atoms with van der Waals surface area (Å²) >= 11 is 0. The summed E-state index contributed by atoms with van der Waals surface area (Å²) in [5.41, 5.74) is 5.05. The van der Waals surface area contributed by atoms with Crippen LogP contribution in [0.4, 0.5) is 15.8 Å². The van der Waals surface area contributed by atoms with Gasteiger partial charge in [0.05, 0.1) is 18.5 Å². The van der Waals surface area contributed by atoms with E-state index in [0.29, 0.717) is 29.7 Å². The van der Waals surface area contributed by atoms with Gasteiger partial charge in [0.25, 0.3) is 0 Å². The monoisotopic (exact) mass is 340 g/mol. The Hall–Kier alpha value is -2.43. The van der Waals surface area contributed by atoms with Crippen LogP contribution < -0.4 is 5.32 Å². The highest BCUT2D eigenvalue weighted by molar-refractivity contribution is 5.91. The fourth-order valence-electron chi connectivity index (χ4n) is 4.24. The van der Waals surface area contributed by atoms with Gasteiger partial charge in [0, 0.05) is 5.69 Å². The maximum atomic E-state index is 13.5. The van der Waals surface area contributed by atoms with Gasteiger partial charge in [0.2, 0.25) is 0 Å². The molecule has 1 heterocycles. The SMILES string of the molecule is CCOC(=O)c1ncc(Nc2ccc(F)c(C)c2)c2c1C1CCC2C1. The van der Waals surface area contributed by atoms with Gasteiger partial charge in [-0.1, -0.05) is 0 Å². The van der Waals surface area contributed by atoms with Gasteiger partial charge in [-0.15, -0.1) is 0 Å². The molecule has 5 heteroatoms. The third-order valence-corrected chi connectivity index (χ3v) is 5.31. The summed E-state index contributed by atoms with van der Waals surface area (Å²) in [7, 11) is 0. The van der Waals surface area contributed by atoms with Crippen molar-refractivity contribution < 1.29 is 13.9 Å². The molecular formula is C20H21FN2O2. The van der Waals surface area contributed by atoms with Gasteiger partial charge in [-0.05, 0) is 79.8 Å². The van der Waals surface area contributed by atoms with Crippen LogP contribution in [0.5, 0.6) is 0 Å². The van der Waals surface area contributed by atoms with E-state index in [0.717, 1.165) is 36.2 Å². The number of ether oxygens (including phenoxy) is 1. The van der Waals surface area contributed by atoms with Crippen molar-refractivity contribution >= 4 is 17.3 Å². The molecule has 1 aromatic carbocycles. The first-order valence-corrected chi connectivity index (χ1v) is 8.81. The van der Waals surface area contributed by atoms with Gasteiger partial charge in [0.1, 0.15) is 5.82 Å². The number of halogens is 1. The number of carbonyl (C=O) groups is 1. The molecule has 0 radical (unpaired) electrons. The highest BCUT2D eigenvalue weighted by Crippen LogP contribution is 2.56. The average Bonchev–Trinajstić information content (AvgIpc) is 3.21. The Bertz CT molecular complexity index is 850. The third kappa shape index (κ3) is 2.68. The Kier molecular flexibility index (Phi) is 3.94. The molecule has 0 aliphatic heterocycles. The van der Waals surface area contributed by atoms with Crippen molar-refractivity contribution in [1.29, 1.82) is 0 Å². The van der Waals surface area contributed by atoms with E-state index in [1.54, 1.807) is 32.2 Å². The summed E-state index contributed by atoms with van der Waals surface area (Å²) in [6, 6.07) is 4.97. The average molecular weight is 340 g/mol. The molecule has 130 valence electrons. The van der Waals surface area contributed by atoms with Gasteiger partial charge in [-0.3, -0.25) is 0 Å². The van der Waals surface area contributed by atoms with Gasteiger partial charge in [-0.25, -0.2) is 14.2 Å². The molecule has 1 aromatic heterocycles. The summed E-state index contributed by atoms with van der Waals surface area (Å²) in [6.07, 6.45) is 5.03. The lowest BCUT2D eigenvalue weighted by molar-refractivity contribution is 0.0517. The fraction of sp³-hybridized carbons (Fsp3) is 0.400. The van der Waals surface area contributed by atoms with Crippen molar-refractivity contribution in [2.75, 3.05) is 11.9 Å². The largest absolute Gasteiger partial charge is 0.461 e. The number of nitrogens with zero attached hydrogens (tertiary/aromatic N) is 1. The minimum atomic E-state index is -0.338. The van der Waals surface area contributed by atoms with E-state index < -0.39 is 0 Å². The summed E-state index contributed by atoms with van der Waals surface area (Å²) in [5.74, 6) is 0.296. The number of aromatic nitrogens is 1. The maximum Gasteiger partial charge on any atom is 0.357 e. The van der Waals surface area contributed by atoms with Crippen LogP contribution in [0.15, 0.2) is 24.4 Å². The number of hydrogen-bond donors (Lipinski definition) is 1. The van der Waals surface area contributed by atoms with E-state index in [1.165, 1.54) is 11.6 Å². The quantitative estimate of drug-likeness (QED) is 0.811. The topological polar surface area (TPSA) is 51.2 Å². The zero-order chi connectivity index (χ0) is 17.6. The molecule has 2 bridgehead atoms. The molecule has 4 nitrogen and oxygen atoms in total. The molecular weight excluding hydrogens is 319 g/mol. The molecule has 0 amide bonds. The van der Waals surface area contributed by atoms with Crippen LogP contribution in [0.25, 0.3) is 0 Å². The second-order valence-electron chi connectivity index (χ2n) is 6.86. The Morgan fingerprint density at radius 1 is 1.32 bits per heavy atom. The summed E-state index contributed by atoms with van der Waals surface area (Å²) in [5, 5.41) is 3.37. The lowest BCUT2D eigenvalue weighted by Crippen LogP contribution is -2.15. The molecule has 1 fully saturated rings. The van der Waals surface area contributed by atoms with Gasteiger partial charge in [0.15, 0.2) is 5.69 Å². The molecule has 2 aromatic rings. The van der Waals surface area contributed by atoms with Crippen molar-refractivity contribution in [2.45, 2.75) is 44.9 Å². The number of esters is 1. The first-order valence-electron chi connectivity index (χ1n) is 8.81. The molecule has 2 unspecified atom stereocenters. The second kappa shape index (κ2) is 6.14. The number of benzene rings is 1. The molecule has 1 N–H and O–H groups in total. The minimum absolute atomic E-state index is 0.217. The summed E-state index contributed by atoms with van der Waals surface area (Å²) in [6.45, 7) is 3.89. The van der Waals surface area contributed by atoms with Crippen molar-refractivity contribution in [3.63, 3.8) is 0 Å². The van der Waals surface area contributed by atoms with Crippen molar-refractivity contribution in [1.82, 2.24) is 4.98 Å². The summed E-state index contributed by atoms with van der Waals surface area (Å²) < 4.78 is 18.7. The standard InChI is InChI=1S/C20H21FN2O2/c1-3-25-20(24)19-18-13-5-4-12(9-13)17(18)16(10-22-19)23-14-6-7-15(21)11(2)8-14/h6-8,10,12-13,23H,3-5,9H2,1-2H3. The predicted molar refractivity (Wildman–Crippen MR) is 93.9 cm³/mol. The first-order chi connectivity index (χ1) is 12.1. The Morgan fingerprint density at radius 3 is 2.80 bits per heavy atom. The lowest BCUT2D eigenvalue weighted by Gasteiger charge is -2.21. The van der Waals surface area contributed by atoms with E-state index in [1.807, 2.05) is 0 Å². The van der Waals surface area contributed by atoms with Crippen LogP contribution in [-0.2, 0) is 4.74 Å². The number of carbonyl (C=O) groups excluding carboxylic acids is 1. The lowest BCUT2D eigenvalue weighted by atomic mass is 9.89. The van der Waals surface area contributed by atoms with Crippen LogP contribution in [0.1, 0.15) is 65.2 Å². The van der Waals surface area contributed by atoms with Crippen LogP contribution in [0.3, 0.4) is 0 Å². The van der Waals surface area contributed by atoms with E-state index >= 15 is 0 Å². The number of nitrogens with one attached hydrogen (secondary N) is 1. The molecule has 0 saturated heterocycles. The van der Waals surface area contributed by atoms with E-state index in [2.05, 4.69) is 10.3 Å². The number of anilines is 2. The van der Waals surface area contributed by atoms with E-state index in [9.17, 15) is 9.18 Å². The molecule has 2 aliphatic rings. The number of pyridine rings is 1. The van der Waals surface area contributed by atoms with Crippen LogP contribution in [0, 0.1) is 12.7 Å². The van der Waals surface area contributed by atoms with E-state index in [-0.39, 0.29) is 11.8 Å². The maximum absolute atomic E-state index is 13.5. The van der Waals surface area contributed by atoms with Gasteiger partial charge in [-0.2, -0.15) is 0 Å². The normalized spacial score (nSPS) is 20.4. The smallest absolute Gasteiger partial charge is 0.357 e. The van der Waals surface area contributed by atoms with Crippen LogP contribution in [-0.4, -0.2) is 17.6 Å². The highest BCUT2D eigenvalue weighted by Gasteiger charge is 2.42. The van der Waals surface area contributed by atoms with Crippen molar-refractivity contribution in [3.8, 4) is 0 Å². The second-order valence-corrected chi connectivity index (χ2v) is 6.86. The number of hydrogen-bond acceptors (Lipinski definition) is 4. The van der Waals surface area contributed by atoms with Gasteiger partial charge < -0.3 is 10.1 Å². The molecule has 1 saturated carbocycles. The van der Waals surface area contributed by atoms with Gasteiger partial charge >= 0.3 is 5.97 Å². The zero-order valence-corrected chi connectivity index (χ0v) is 14.4. The molecule has 25 heavy (non-hydrogen) atoms. The number of fused-ring (bicyclic) bond motifs is 5. The predicted octanol–water partition coefficient (Wildman–Crippen LogP) is 4.81. The highest BCUT2D eigenvalue weighted by atomic mass is 19.1. The minimum Gasteiger partial charge on any atom is -0.461 e. The number of rotatable bonds is 4. The van der Waals surface area contributed by atoms with Crippen molar-refractivity contribution in [3.05, 3.63) is 52.6 Å². The Morgan fingerprint density at radius 2 is 2.08 bits per heavy atom. The molecule has 4 rings (SSSR count). The van der Waals surface area contributed by atoms with E-state index in [4.69, 9.17) is 4.74 Å². The zero-order valence-electron chi connectivity index (χ0n) is 14.4. The molecule has 2 aliphatic carbocycles. The first kappa shape index (κ1) is 16.1. The number of aryl methyl sites for hydroxylation is 1.